The van der Waals surface area contributed by atoms with E-state index in [1.165, 1.54) is 0 Å². The summed E-state index contributed by atoms with van der Waals surface area (Å²) in [6.45, 7) is 1.52. The molecule has 0 unspecified atom stereocenters. The lowest BCUT2D eigenvalue weighted by atomic mass is 10.0. The summed E-state index contributed by atoms with van der Waals surface area (Å²) in [5.41, 5.74) is 5.34. The number of carbonyl (C=O) groups is 3. The number of rotatable bonds is 8. The van der Waals surface area contributed by atoms with Crippen molar-refractivity contribution in [3.8, 4) is 5.75 Å². The number of urea groups is 1. The van der Waals surface area contributed by atoms with E-state index in [1.807, 2.05) is 6.07 Å². The number of hydrogen-bond donors (Lipinski definition) is 4. The second kappa shape index (κ2) is 10.1. The van der Waals surface area contributed by atoms with Crippen LogP contribution in [0.1, 0.15) is 31.2 Å². The zero-order valence-corrected chi connectivity index (χ0v) is 19.1. The fourth-order valence-electron chi connectivity index (χ4n) is 4.42. The maximum Gasteiger partial charge on any atom is 0.418 e. The molecule has 0 spiro atoms. The molecule has 2 bridgehead atoms. The molecule has 1 aromatic rings. The minimum absolute atomic E-state index is 0.0279. The lowest BCUT2D eigenvalue weighted by molar-refractivity contribution is -0.131. The van der Waals surface area contributed by atoms with Gasteiger partial charge in [0, 0.05) is 18.2 Å². The average molecular weight is 498 g/mol. The predicted molar refractivity (Wildman–Crippen MR) is 116 cm³/mol. The molecule has 3 heterocycles. The monoisotopic (exact) mass is 497 g/mol. The van der Waals surface area contributed by atoms with Crippen LogP contribution in [0.3, 0.4) is 0 Å². The maximum atomic E-state index is 12.6. The molecule has 34 heavy (non-hydrogen) atoms. The Morgan fingerprint density at radius 3 is 2.71 bits per heavy atom. The number of amides is 4. The molecule has 3 aliphatic rings. The van der Waals surface area contributed by atoms with Gasteiger partial charge in [0.2, 0.25) is 5.91 Å². The molecular weight excluding hydrogens is 470 g/mol. The summed E-state index contributed by atoms with van der Waals surface area (Å²) in [5.74, 6) is -0.496. The van der Waals surface area contributed by atoms with Crippen molar-refractivity contribution in [3.05, 3.63) is 29.8 Å². The lowest BCUT2D eigenvalue weighted by Gasteiger charge is -2.29. The molecule has 1 aromatic carbocycles. The number of nitrogens with zero attached hydrogens (tertiary/aromatic N) is 2. The van der Waals surface area contributed by atoms with E-state index < -0.39 is 40.3 Å². The van der Waals surface area contributed by atoms with Gasteiger partial charge in [0.15, 0.2) is 0 Å². The van der Waals surface area contributed by atoms with Crippen LogP contribution in [0.5, 0.6) is 5.75 Å². The standard InChI is InChI=1S/C20H27N5O8S/c26-18(10-13-4-1-2-6-17(13)32-12-14-5-3-9-21-14)22-23-19(27)16-8-7-15-11-24(16)20(28)25(15)33-34(29,30)31/h1-2,4,6,14-16,21H,3,5,7-12H2,(H,22,26)(H,23,27)(H,29,30,31)/t14-,15+,16-/m0/s1. The minimum Gasteiger partial charge on any atom is -0.492 e. The molecule has 3 fully saturated rings. The summed E-state index contributed by atoms with van der Waals surface area (Å²) in [6.07, 6.45) is 2.63. The highest BCUT2D eigenvalue weighted by Gasteiger charge is 2.49. The Hall–Kier alpha value is -2.94. The molecule has 186 valence electrons. The third-order valence-electron chi connectivity index (χ3n) is 6.05. The normalized spacial score (nSPS) is 24.3. The Labute approximate surface area is 196 Å². The Kier molecular flexibility index (Phi) is 7.21. The highest BCUT2D eigenvalue weighted by Crippen LogP contribution is 2.30. The highest BCUT2D eigenvalue weighted by molar-refractivity contribution is 7.80. The second-order valence-corrected chi connectivity index (χ2v) is 9.44. The van der Waals surface area contributed by atoms with Gasteiger partial charge in [-0.2, -0.15) is 13.5 Å². The number of hydrazine groups is 1. The topological polar surface area (TPSA) is 167 Å². The molecule has 0 aliphatic carbocycles. The zero-order chi connectivity index (χ0) is 24.3. The maximum absolute atomic E-state index is 12.6. The Morgan fingerprint density at radius 2 is 1.97 bits per heavy atom. The quantitative estimate of drug-likeness (QED) is 0.274. The SMILES string of the molecule is O=C(Cc1ccccc1OC[C@@H]1CCCN1)NNC(=O)[C@@H]1CC[C@@H]2CN1C(=O)N2OS(=O)(=O)O. The number of fused-ring (bicyclic) bond motifs is 2. The molecule has 0 radical (unpaired) electrons. The summed E-state index contributed by atoms with van der Waals surface area (Å²) in [5, 5.41) is 3.90. The fourth-order valence-corrected chi connectivity index (χ4v) is 4.80. The van der Waals surface area contributed by atoms with E-state index >= 15 is 0 Å². The Balaban J connectivity index is 1.28. The van der Waals surface area contributed by atoms with Crippen LogP contribution < -0.4 is 20.9 Å². The van der Waals surface area contributed by atoms with Crippen molar-refractivity contribution in [2.75, 3.05) is 19.7 Å². The molecule has 3 atom stereocenters. The summed E-state index contributed by atoms with van der Waals surface area (Å²) in [6, 6.07) is 5.06. The largest absolute Gasteiger partial charge is 0.492 e. The molecule has 0 saturated carbocycles. The first-order chi connectivity index (χ1) is 16.2. The highest BCUT2D eigenvalue weighted by atomic mass is 32.3. The van der Waals surface area contributed by atoms with Crippen molar-refractivity contribution in [2.24, 2.45) is 0 Å². The summed E-state index contributed by atoms with van der Waals surface area (Å²) in [7, 11) is -4.87. The van der Waals surface area contributed by atoms with Gasteiger partial charge < -0.3 is 15.0 Å². The van der Waals surface area contributed by atoms with Gasteiger partial charge in [0.05, 0.1) is 12.5 Å². The number of nitrogens with one attached hydrogen (secondary N) is 3. The predicted octanol–water partition coefficient (Wildman–Crippen LogP) is -0.490. The second-order valence-electron chi connectivity index (χ2n) is 8.44. The first-order valence-electron chi connectivity index (χ1n) is 11.0. The van der Waals surface area contributed by atoms with Crippen molar-refractivity contribution in [1.29, 1.82) is 0 Å². The van der Waals surface area contributed by atoms with E-state index in [9.17, 15) is 22.8 Å². The molecule has 0 aromatic heterocycles. The van der Waals surface area contributed by atoms with E-state index in [2.05, 4.69) is 20.5 Å². The van der Waals surface area contributed by atoms with Gasteiger partial charge in [-0.25, -0.2) is 4.79 Å². The number of piperidine rings is 1. The minimum atomic E-state index is -4.87. The Bertz CT molecular complexity index is 1050. The molecule has 13 nitrogen and oxygen atoms in total. The van der Waals surface area contributed by atoms with Gasteiger partial charge in [0.25, 0.3) is 5.91 Å². The van der Waals surface area contributed by atoms with Gasteiger partial charge in [-0.15, -0.1) is 4.28 Å². The smallest absolute Gasteiger partial charge is 0.418 e. The van der Waals surface area contributed by atoms with E-state index in [0.717, 1.165) is 24.3 Å². The van der Waals surface area contributed by atoms with Gasteiger partial charge in [-0.1, -0.05) is 18.2 Å². The number of carbonyl (C=O) groups excluding carboxylic acids is 3. The number of ether oxygens (including phenoxy) is 1. The van der Waals surface area contributed by atoms with Crippen LogP contribution in [0.4, 0.5) is 4.79 Å². The van der Waals surface area contributed by atoms with Gasteiger partial charge >= 0.3 is 16.4 Å². The van der Waals surface area contributed by atoms with Crippen LogP contribution in [-0.4, -0.2) is 78.6 Å². The van der Waals surface area contributed by atoms with Crippen molar-refractivity contribution in [1.82, 2.24) is 26.1 Å². The van der Waals surface area contributed by atoms with Crippen molar-refractivity contribution >= 4 is 28.2 Å². The third-order valence-corrected chi connectivity index (χ3v) is 6.40. The molecule has 3 aliphatic heterocycles. The number of hydrogen-bond acceptors (Lipinski definition) is 8. The van der Waals surface area contributed by atoms with Crippen LogP contribution in [0.15, 0.2) is 24.3 Å². The molecule has 3 saturated heterocycles. The van der Waals surface area contributed by atoms with E-state index in [1.54, 1.807) is 18.2 Å². The van der Waals surface area contributed by atoms with Crippen molar-refractivity contribution in [2.45, 2.75) is 50.2 Å². The molecule has 4 amide bonds. The summed E-state index contributed by atoms with van der Waals surface area (Å²) in [4.78, 5) is 38.6. The van der Waals surface area contributed by atoms with Crippen molar-refractivity contribution < 1.29 is 36.4 Å². The van der Waals surface area contributed by atoms with Gasteiger partial charge in [-0.3, -0.25) is 25.0 Å². The average Bonchev–Trinajstić information content (AvgIpc) is 3.39. The summed E-state index contributed by atoms with van der Waals surface area (Å²) >= 11 is 0. The lowest BCUT2D eigenvalue weighted by Crippen LogP contribution is -2.54. The molecule has 4 rings (SSSR count). The van der Waals surface area contributed by atoms with Crippen LogP contribution in [0.25, 0.3) is 0 Å². The first-order valence-corrected chi connectivity index (χ1v) is 12.4. The van der Waals surface area contributed by atoms with Crippen LogP contribution in [0.2, 0.25) is 0 Å². The molecular formula is C20H27N5O8S. The number of para-hydroxylation sites is 1. The number of benzene rings is 1. The van der Waals surface area contributed by atoms with E-state index in [0.29, 0.717) is 23.0 Å². The van der Waals surface area contributed by atoms with E-state index in [-0.39, 0.29) is 31.8 Å². The third kappa shape index (κ3) is 5.75. The number of hydroxylamine groups is 2. The summed E-state index contributed by atoms with van der Waals surface area (Å²) < 4.78 is 41.0. The van der Waals surface area contributed by atoms with Crippen LogP contribution in [-0.2, 0) is 30.7 Å². The first kappa shape index (κ1) is 24.2. The Morgan fingerprint density at radius 1 is 1.18 bits per heavy atom. The molecule has 14 heteroatoms. The van der Waals surface area contributed by atoms with Gasteiger partial charge in [0.1, 0.15) is 18.4 Å². The zero-order valence-electron chi connectivity index (χ0n) is 18.3. The molecule has 4 N–H and O–H groups in total. The van der Waals surface area contributed by atoms with Gasteiger partial charge in [-0.05, 0) is 38.3 Å². The van der Waals surface area contributed by atoms with Crippen LogP contribution >= 0.6 is 0 Å². The van der Waals surface area contributed by atoms with E-state index in [4.69, 9.17) is 9.29 Å². The fraction of sp³-hybridized carbons (Fsp3) is 0.550. The van der Waals surface area contributed by atoms with Crippen LogP contribution in [0, 0.1) is 0 Å². The van der Waals surface area contributed by atoms with Crippen molar-refractivity contribution in [3.63, 3.8) is 0 Å².